The lowest BCUT2D eigenvalue weighted by molar-refractivity contribution is 0.449. The van der Waals surface area contributed by atoms with Crippen molar-refractivity contribution < 1.29 is 0 Å². The average molecular weight is 256 g/mol. The van der Waals surface area contributed by atoms with Crippen LogP contribution >= 0.6 is 11.6 Å². The van der Waals surface area contributed by atoms with Gasteiger partial charge in [0, 0.05) is 30.1 Å². The highest BCUT2D eigenvalue weighted by atomic mass is 35.5. The van der Waals surface area contributed by atoms with Gasteiger partial charge in [-0.1, -0.05) is 27.7 Å². The molecule has 0 saturated heterocycles. The zero-order chi connectivity index (χ0) is 13.1. The fourth-order valence-electron chi connectivity index (χ4n) is 1.32. The number of halogens is 1. The van der Waals surface area contributed by atoms with Gasteiger partial charge in [0.1, 0.15) is 11.6 Å². The Morgan fingerprint density at radius 2 is 2.00 bits per heavy atom. The molecule has 0 radical (unpaired) electrons. The Bertz CT molecular complexity index is 375. The Balaban J connectivity index is 2.78. The minimum absolute atomic E-state index is 0.0679. The van der Waals surface area contributed by atoms with E-state index in [1.165, 1.54) is 0 Å². The molecule has 96 valence electrons. The highest BCUT2D eigenvalue weighted by molar-refractivity contribution is 6.18. The van der Waals surface area contributed by atoms with Crippen LogP contribution in [0.25, 0.3) is 0 Å². The SMILES string of the molecule is Cc1cc(NCC(C)(C)CCl)nc(C(C)C)n1. The molecule has 0 saturated carbocycles. The van der Waals surface area contributed by atoms with Crippen LogP contribution in [0.4, 0.5) is 5.82 Å². The van der Waals surface area contributed by atoms with Crippen LogP contribution in [0.15, 0.2) is 6.07 Å². The van der Waals surface area contributed by atoms with E-state index in [1.54, 1.807) is 0 Å². The van der Waals surface area contributed by atoms with Gasteiger partial charge in [-0.2, -0.15) is 0 Å². The number of aromatic nitrogens is 2. The van der Waals surface area contributed by atoms with Crippen molar-refractivity contribution in [1.29, 1.82) is 0 Å². The molecule has 1 heterocycles. The molecular formula is C13H22ClN3. The molecule has 1 aromatic heterocycles. The van der Waals surface area contributed by atoms with Gasteiger partial charge in [0.05, 0.1) is 0 Å². The van der Waals surface area contributed by atoms with E-state index in [2.05, 4.69) is 43.0 Å². The molecule has 4 heteroatoms. The van der Waals surface area contributed by atoms with Gasteiger partial charge in [0.15, 0.2) is 0 Å². The number of alkyl halides is 1. The van der Waals surface area contributed by atoms with Crippen LogP contribution in [0.1, 0.15) is 45.1 Å². The second-order valence-corrected chi connectivity index (χ2v) is 5.83. The van der Waals surface area contributed by atoms with Crippen LogP contribution in [0.5, 0.6) is 0 Å². The zero-order valence-corrected chi connectivity index (χ0v) is 12.1. The predicted octanol–water partition coefficient (Wildman–Crippen LogP) is 3.59. The fraction of sp³-hybridized carbons (Fsp3) is 0.692. The topological polar surface area (TPSA) is 37.8 Å². The maximum absolute atomic E-state index is 5.90. The zero-order valence-electron chi connectivity index (χ0n) is 11.3. The maximum atomic E-state index is 5.90. The van der Waals surface area contributed by atoms with Crippen LogP contribution in [0, 0.1) is 12.3 Å². The quantitative estimate of drug-likeness (QED) is 0.818. The molecule has 1 aromatic rings. The van der Waals surface area contributed by atoms with E-state index in [4.69, 9.17) is 11.6 Å². The van der Waals surface area contributed by atoms with Crippen molar-refractivity contribution >= 4 is 17.4 Å². The Morgan fingerprint density at radius 3 is 2.53 bits per heavy atom. The van der Waals surface area contributed by atoms with Crippen molar-refractivity contribution in [3.8, 4) is 0 Å². The lowest BCUT2D eigenvalue weighted by atomic mass is 9.97. The van der Waals surface area contributed by atoms with E-state index in [-0.39, 0.29) is 5.41 Å². The van der Waals surface area contributed by atoms with Crippen LogP contribution in [-0.2, 0) is 0 Å². The summed E-state index contributed by atoms with van der Waals surface area (Å²) in [7, 11) is 0. The molecule has 3 nitrogen and oxygen atoms in total. The molecule has 0 bridgehead atoms. The highest BCUT2D eigenvalue weighted by Crippen LogP contribution is 2.19. The number of aryl methyl sites for hydroxylation is 1. The Morgan fingerprint density at radius 1 is 1.35 bits per heavy atom. The normalized spacial score (nSPS) is 11.9. The fourth-order valence-corrected chi connectivity index (χ4v) is 1.41. The van der Waals surface area contributed by atoms with E-state index < -0.39 is 0 Å². The molecule has 1 rings (SSSR count). The van der Waals surface area contributed by atoms with Crippen LogP contribution < -0.4 is 5.32 Å². The second-order valence-electron chi connectivity index (χ2n) is 5.56. The lowest BCUT2D eigenvalue weighted by Crippen LogP contribution is -2.25. The lowest BCUT2D eigenvalue weighted by Gasteiger charge is -2.22. The molecule has 0 unspecified atom stereocenters. The molecule has 0 aromatic carbocycles. The number of hydrogen-bond acceptors (Lipinski definition) is 3. The Labute approximate surface area is 109 Å². The third-order valence-electron chi connectivity index (χ3n) is 2.50. The van der Waals surface area contributed by atoms with Gasteiger partial charge in [-0.05, 0) is 12.3 Å². The second kappa shape index (κ2) is 5.67. The smallest absolute Gasteiger partial charge is 0.133 e. The summed E-state index contributed by atoms with van der Waals surface area (Å²) < 4.78 is 0. The number of hydrogen-bond donors (Lipinski definition) is 1. The van der Waals surface area contributed by atoms with Crippen molar-refractivity contribution in [3.05, 3.63) is 17.6 Å². The summed E-state index contributed by atoms with van der Waals surface area (Å²) in [6.45, 7) is 11.3. The van der Waals surface area contributed by atoms with Crippen molar-refractivity contribution in [2.45, 2.75) is 40.5 Å². The summed E-state index contributed by atoms with van der Waals surface area (Å²) in [6, 6.07) is 1.97. The molecule has 1 N–H and O–H groups in total. The first kappa shape index (κ1) is 14.2. The molecule has 0 aliphatic rings. The Hall–Kier alpha value is -0.830. The van der Waals surface area contributed by atoms with Gasteiger partial charge in [0.25, 0.3) is 0 Å². The Kier molecular flexibility index (Phi) is 4.75. The molecule has 0 spiro atoms. The first-order valence-corrected chi connectivity index (χ1v) is 6.53. The van der Waals surface area contributed by atoms with E-state index in [9.17, 15) is 0 Å². The number of nitrogens with one attached hydrogen (secondary N) is 1. The van der Waals surface area contributed by atoms with Gasteiger partial charge >= 0.3 is 0 Å². The van der Waals surface area contributed by atoms with E-state index in [1.807, 2.05) is 13.0 Å². The van der Waals surface area contributed by atoms with Crippen molar-refractivity contribution in [1.82, 2.24) is 9.97 Å². The molecule has 0 aliphatic heterocycles. The summed E-state index contributed by atoms with van der Waals surface area (Å²) in [5.41, 5.74) is 1.06. The largest absolute Gasteiger partial charge is 0.369 e. The maximum Gasteiger partial charge on any atom is 0.133 e. The molecular weight excluding hydrogens is 234 g/mol. The highest BCUT2D eigenvalue weighted by Gasteiger charge is 2.16. The molecule has 0 aliphatic carbocycles. The van der Waals surface area contributed by atoms with Gasteiger partial charge in [-0.25, -0.2) is 9.97 Å². The number of rotatable bonds is 5. The van der Waals surface area contributed by atoms with E-state index in [0.717, 1.165) is 23.9 Å². The van der Waals surface area contributed by atoms with Crippen molar-refractivity contribution in [2.75, 3.05) is 17.7 Å². The molecule has 17 heavy (non-hydrogen) atoms. The van der Waals surface area contributed by atoms with Crippen molar-refractivity contribution in [2.24, 2.45) is 5.41 Å². The van der Waals surface area contributed by atoms with Gasteiger partial charge in [-0.15, -0.1) is 11.6 Å². The monoisotopic (exact) mass is 255 g/mol. The molecule has 0 fully saturated rings. The van der Waals surface area contributed by atoms with Crippen molar-refractivity contribution in [3.63, 3.8) is 0 Å². The summed E-state index contributed by atoms with van der Waals surface area (Å²) >= 11 is 5.90. The minimum Gasteiger partial charge on any atom is -0.369 e. The third-order valence-corrected chi connectivity index (χ3v) is 3.22. The number of nitrogens with zero attached hydrogens (tertiary/aromatic N) is 2. The third kappa shape index (κ3) is 4.50. The summed E-state index contributed by atoms with van der Waals surface area (Å²) in [5.74, 6) is 2.74. The van der Waals surface area contributed by atoms with Crippen LogP contribution in [0.3, 0.4) is 0 Å². The van der Waals surface area contributed by atoms with Gasteiger partial charge < -0.3 is 5.32 Å². The van der Waals surface area contributed by atoms with E-state index >= 15 is 0 Å². The van der Waals surface area contributed by atoms with Gasteiger partial charge in [0.2, 0.25) is 0 Å². The van der Waals surface area contributed by atoms with Crippen LogP contribution in [-0.4, -0.2) is 22.4 Å². The summed E-state index contributed by atoms with van der Waals surface area (Å²) in [5, 5.41) is 3.34. The summed E-state index contributed by atoms with van der Waals surface area (Å²) in [6.07, 6.45) is 0. The first-order valence-electron chi connectivity index (χ1n) is 5.99. The summed E-state index contributed by atoms with van der Waals surface area (Å²) in [4.78, 5) is 8.93. The molecule has 0 amide bonds. The van der Waals surface area contributed by atoms with E-state index in [0.29, 0.717) is 11.8 Å². The standard InChI is InChI=1S/C13H22ClN3/c1-9(2)12-16-10(3)6-11(17-12)15-8-13(4,5)7-14/h6,9H,7-8H2,1-5H3,(H,15,16,17). The minimum atomic E-state index is 0.0679. The average Bonchev–Trinajstić information content (AvgIpc) is 2.26. The molecule has 0 atom stereocenters. The first-order chi connectivity index (χ1) is 7.84. The van der Waals surface area contributed by atoms with Gasteiger partial charge in [-0.3, -0.25) is 0 Å². The van der Waals surface area contributed by atoms with Crippen LogP contribution in [0.2, 0.25) is 0 Å². The predicted molar refractivity (Wildman–Crippen MR) is 73.8 cm³/mol. The number of anilines is 1.